The van der Waals surface area contributed by atoms with Crippen LogP contribution < -0.4 is 15.8 Å². The van der Waals surface area contributed by atoms with Crippen LogP contribution in [-0.2, 0) is 6.42 Å². The molecule has 1 aromatic carbocycles. The molecule has 0 aliphatic heterocycles. The van der Waals surface area contributed by atoms with Gasteiger partial charge in [0, 0.05) is 6.04 Å². The maximum atomic E-state index is 10.6. The molecule has 0 heterocycles. The van der Waals surface area contributed by atoms with E-state index in [-0.39, 0.29) is 6.04 Å². The number of primary amides is 1. The number of carbonyl (C=O) groups excluding carboxylic acids is 1. The third-order valence-corrected chi connectivity index (χ3v) is 2.11. The lowest BCUT2D eigenvalue weighted by Crippen LogP contribution is -2.37. The molecule has 15 heavy (non-hydrogen) atoms. The molecule has 0 saturated heterocycles. The van der Waals surface area contributed by atoms with Crippen molar-refractivity contribution in [2.24, 2.45) is 5.73 Å². The van der Waals surface area contributed by atoms with E-state index in [0.717, 1.165) is 11.3 Å². The Kier molecular flexibility index (Phi) is 3.97. The van der Waals surface area contributed by atoms with E-state index >= 15 is 0 Å². The summed E-state index contributed by atoms with van der Waals surface area (Å²) in [5.41, 5.74) is 6.09. The van der Waals surface area contributed by atoms with Crippen LogP contribution in [0.3, 0.4) is 0 Å². The van der Waals surface area contributed by atoms with Crippen LogP contribution in [0.5, 0.6) is 5.75 Å². The molecule has 1 unspecified atom stereocenters. The van der Waals surface area contributed by atoms with Crippen molar-refractivity contribution in [2.75, 3.05) is 7.11 Å². The zero-order valence-electron chi connectivity index (χ0n) is 8.99. The maximum Gasteiger partial charge on any atom is 0.312 e. The minimum absolute atomic E-state index is 0.00111. The summed E-state index contributed by atoms with van der Waals surface area (Å²) in [4.78, 5) is 10.6. The molecule has 0 radical (unpaired) electrons. The quantitative estimate of drug-likeness (QED) is 0.783. The van der Waals surface area contributed by atoms with E-state index in [0.29, 0.717) is 6.42 Å². The highest BCUT2D eigenvalue weighted by Gasteiger charge is 2.08. The zero-order valence-corrected chi connectivity index (χ0v) is 8.99. The predicted molar refractivity (Wildman–Crippen MR) is 58.9 cm³/mol. The molecule has 0 aliphatic carbocycles. The number of hydrogen-bond donors (Lipinski definition) is 2. The first-order valence-electron chi connectivity index (χ1n) is 4.81. The molecule has 0 bridgehead atoms. The van der Waals surface area contributed by atoms with E-state index in [2.05, 4.69) is 5.32 Å². The molecule has 1 atom stereocenters. The van der Waals surface area contributed by atoms with Gasteiger partial charge in [0.25, 0.3) is 0 Å². The first kappa shape index (κ1) is 11.4. The number of nitrogens with two attached hydrogens (primary N) is 1. The van der Waals surface area contributed by atoms with Crippen LogP contribution in [-0.4, -0.2) is 19.2 Å². The third kappa shape index (κ3) is 3.50. The lowest BCUT2D eigenvalue weighted by Gasteiger charge is -2.14. The Bertz CT molecular complexity index is 339. The van der Waals surface area contributed by atoms with Crippen molar-refractivity contribution < 1.29 is 9.53 Å². The van der Waals surface area contributed by atoms with Crippen LogP contribution in [0.4, 0.5) is 4.79 Å². The predicted octanol–water partition coefficient (Wildman–Crippen LogP) is 1.29. The summed E-state index contributed by atoms with van der Waals surface area (Å²) >= 11 is 0. The molecule has 0 saturated carbocycles. The van der Waals surface area contributed by atoms with Gasteiger partial charge < -0.3 is 15.8 Å². The average molecular weight is 208 g/mol. The van der Waals surface area contributed by atoms with E-state index < -0.39 is 6.03 Å². The SMILES string of the molecule is COc1ccccc1CC(C)NC(N)=O. The Morgan fingerprint density at radius 3 is 2.80 bits per heavy atom. The molecule has 3 N–H and O–H groups in total. The number of urea groups is 1. The van der Waals surface area contributed by atoms with Crippen LogP contribution in [0.25, 0.3) is 0 Å². The van der Waals surface area contributed by atoms with Crippen molar-refractivity contribution in [2.45, 2.75) is 19.4 Å². The van der Waals surface area contributed by atoms with E-state index in [9.17, 15) is 4.79 Å². The topological polar surface area (TPSA) is 64.3 Å². The minimum Gasteiger partial charge on any atom is -0.496 e. The van der Waals surface area contributed by atoms with Crippen LogP contribution >= 0.6 is 0 Å². The molecular formula is C11H16N2O2. The number of methoxy groups -OCH3 is 1. The van der Waals surface area contributed by atoms with Gasteiger partial charge in [-0.05, 0) is 25.0 Å². The molecule has 4 nitrogen and oxygen atoms in total. The van der Waals surface area contributed by atoms with Gasteiger partial charge in [0.15, 0.2) is 0 Å². The van der Waals surface area contributed by atoms with Gasteiger partial charge in [-0.3, -0.25) is 0 Å². The summed E-state index contributed by atoms with van der Waals surface area (Å²) in [6.45, 7) is 1.90. The van der Waals surface area contributed by atoms with Crippen LogP contribution in [0.15, 0.2) is 24.3 Å². The van der Waals surface area contributed by atoms with Crippen molar-refractivity contribution in [3.63, 3.8) is 0 Å². The summed E-state index contributed by atoms with van der Waals surface area (Å²) in [7, 11) is 1.63. The molecule has 1 rings (SSSR count). The Morgan fingerprint density at radius 2 is 2.20 bits per heavy atom. The van der Waals surface area contributed by atoms with E-state index in [1.807, 2.05) is 31.2 Å². The standard InChI is InChI=1S/C11H16N2O2/c1-8(13-11(12)14)7-9-5-3-4-6-10(9)15-2/h3-6,8H,7H2,1-2H3,(H3,12,13,14). The molecule has 0 spiro atoms. The average Bonchev–Trinajstić information content (AvgIpc) is 2.17. The van der Waals surface area contributed by atoms with Gasteiger partial charge in [0.1, 0.15) is 5.75 Å². The number of benzene rings is 1. The summed E-state index contributed by atoms with van der Waals surface area (Å²) in [6, 6.07) is 7.21. The molecule has 4 heteroatoms. The number of ether oxygens (including phenoxy) is 1. The number of amides is 2. The van der Waals surface area contributed by atoms with Crippen molar-refractivity contribution in [3.8, 4) is 5.75 Å². The number of nitrogens with one attached hydrogen (secondary N) is 1. The lowest BCUT2D eigenvalue weighted by molar-refractivity contribution is 0.246. The molecule has 0 aromatic heterocycles. The monoisotopic (exact) mass is 208 g/mol. The molecule has 1 aromatic rings. The summed E-state index contributed by atoms with van der Waals surface area (Å²) in [5.74, 6) is 0.829. The lowest BCUT2D eigenvalue weighted by atomic mass is 10.1. The molecule has 0 aliphatic rings. The van der Waals surface area contributed by atoms with Gasteiger partial charge >= 0.3 is 6.03 Å². The Balaban J connectivity index is 2.67. The van der Waals surface area contributed by atoms with Crippen molar-refractivity contribution in [1.82, 2.24) is 5.32 Å². The van der Waals surface area contributed by atoms with Crippen molar-refractivity contribution >= 4 is 6.03 Å². The Morgan fingerprint density at radius 1 is 1.53 bits per heavy atom. The fraction of sp³-hybridized carbons (Fsp3) is 0.364. The normalized spacial score (nSPS) is 11.9. The summed E-state index contributed by atoms with van der Waals surface area (Å²) < 4.78 is 5.21. The Labute approximate surface area is 89.4 Å². The molecule has 2 amide bonds. The van der Waals surface area contributed by atoms with Crippen LogP contribution in [0.2, 0.25) is 0 Å². The first-order chi connectivity index (χ1) is 7.13. The smallest absolute Gasteiger partial charge is 0.312 e. The largest absolute Gasteiger partial charge is 0.496 e. The van der Waals surface area contributed by atoms with Crippen LogP contribution in [0, 0.1) is 0 Å². The number of hydrogen-bond acceptors (Lipinski definition) is 2. The van der Waals surface area contributed by atoms with Gasteiger partial charge in [-0.25, -0.2) is 4.79 Å². The second-order valence-corrected chi connectivity index (χ2v) is 3.43. The summed E-state index contributed by atoms with van der Waals surface area (Å²) in [6.07, 6.45) is 0.701. The van der Waals surface area contributed by atoms with E-state index in [1.165, 1.54) is 0 Å². The highest BCUT2D eigenvalue weighted by molar-refractivity contribution is 5.71. The maximum absolute atomic E-state index is 10.6. The third-order valence-electron chi connectivity index (χ3n) is 2.11. The van der Waals surface area contributed by atoms with Gasteiger partial charge in [0.05, 0.1) is 7.11 Å². The van der Waals surface area contributed by atoms with E-state index in [1.54, 1.807) is 7.11 Å². The van der Waals surface area contributed by atoms with Crippen molar-refractivity contribution in [3.05, 3.63) is 29.8 Å². The van der Waals surface area contributed by atoms with Gasteiger partial charge in [0.2, 0.25) is 0 Å². The number of para-hydroxylation sites is 1. The highest BCUT2D eigenvalue weighted by atomic mass is 16.5. The fourth-order valence-electron chi connectivity index (χ4n) is 1.50. The molecule has 82 valence electrons. The van der Waals surface area contributed by atoms with Crippen molar-refractivity contribution in [1.29, 1.82) is 0 Å². The number of carbonyl (C=O) groups is 1. The van der Waals surface area contributed by atoms with Gasteiger partial charge in [-0.2, -0.15) is 0 Å². The van der Waals surface area contributed by atoms with Gasteiger partial charge in [-0.1, -0.05) is 18.2 Å². The number of rotatable bonds is 4. The van der Waals surface area contributed by atoms with Gasteiger partial charge in [-0.15, -0.1) is 0 Å². The molecular weight excluding hydrogens is 192 g/mol. The zero-order chi connectivity index (χ0) is 11.3. The second-order valence-electron chi connectivity index (χ2n) is 3.43. The highest BCUT2D eigenvalue weighted by Crippen LogP contribution is 2.18. The summed E-state index contributed by atoms with van der Waals surface area (Å²) in [5, 5.41) is 2.63. The molecule has 0 fully saturated rings. The van der Waals surface area contributed by atoms with Crippen LogP contribution in [0.1, 0.15) is 12.5 Å². The minimum atomic E-state index is -0.502. The second kappa shape index (κ2) is 5.24. The fourth-order valence-corrected chi connectivity index (χ4v) is 1.50. The van der Waals surface area contributed by atoms with E-state index in [4.69, 9.17) is 10.5 Å². The first-order valence-corrected chi connectivity index (χ1v) is 4.81. The Hall–Kier alpha value is -1.71.